The van der Waals surface area contributed by atoms with E-state index in [1.54, 1.807) is 27.2 Å². The van der Waals surface area contributed by atoms with Gasteiger partial charge in [-0.05, 0) is 24.5 Å². The van der Waals surface area contributed by atoms with Crippen molar-refractivity contribution in [3.05, 3.63) is 44.8 Å². The standard InChI is InChI=1S/C19H31N3O2Si2/c1-14(23)20-17-10-12-22(19(24)21-17)11-8-9-15-13-16(25(2,3)4)18(15)26(5,6)7/h10,12-13H,8-9,11H2,1-7H3,(H,20,21,23,24). The van der Waals surface area contributed by atoms with Crippen molar-refractivity contribution in [1.82, 2.24) is 9.55 Å². The molecule has 0 atom stereocenters. The minimum Gasteiger partial charge on any atom is -0.311 e. The Labute approximate surface area is 158 Å². The van der Waals surface area contributed by atoms with Crippen LogP contribution in [-0.2, 0) is 11.3 Å². The van der Waals surface area contributed by atoms with E-state index in [0.717, 1.165) is 12.8 Å². The summed E-state index contributed by atoms with van der Waals surface area (Å²) in [4.78, 5) is 27.0. The quantitative estimate of drug-likeness (QED) is 0.718. The van der Waals surface area contributed by atoms with Gasteiger partial charge in [-0.25, -0.2) is 4.79 Å². The first-order valence-corrected chi connectivity index (χ1v) is 16.2. The van der Waals surface area contributed by atoms with Crippen molar-refractivity contribution in [3.8, 4) is 0 Å². The summed E-state index contributed by atoms with van der Waals surface area (Å²) >= 11 is 0. The second-order valence-corrected chi connectivity index (χ2v) is 19.1. The van der Waals surface area contributed by atoms with Crippen molar-refractivity contribution >= 4 is 27.9 Å². The number of carbonyl (C=O) groups is 1. The normalized spacial score (nSPS) is 14.8. The van der Waals surface area contributed by atoms with Gasteiger partial charge < -0.3 is 5.32 Å². The molecule has 0 bridgehead atoms. The van der Waals surface area contributed by atoms with Crippen LogP contribution in [0.15, 0.2) is 39.1 Å². The van der Waals surface area contributed by atoms with Gasteiger partial charge >= 0.3 is 5.69 Å². The summed E-state index contributed by atoms with van der Waals surface area (Å²) in [5, 5.41) is 5.85. The van der Waals surface area contributed by atoms with Crippen molar-refractivity contribution in [2.45, 2.75) is 65.6 Å². The largest absolute Gasteiger partial charge is 0.349 e. The van der Waals surface area contributed by atoms with Gasteiger partial charge in [-0.2, -0.15) is 4.98 Å². The summed E-state index contributed by atoms with van der Waals surface area (Å²) in [7, 11) is -2.63. The van der Waals surface area contributed by atoms with Gasteiger partial charge in [-0.1, -0.05) is 55.8 Å². The number of amides is 1. The van der Waals surface area contributed by atoms with Crippen molar-refractivity contribution in [1.29, 1.82) is 0 Å². The maximum Gasteiger partial charge on any atom is 0.349 e. The monoisotopic (exact) mass is 389 g/mol. The van der Waals surface area contributed by atoms with E-state index in [1.165, 1.54) is 12.5 Å². The van der Waals surface area contributed by atoms with Crippen LogP contribution in [0.1, 0.15) is 19.8 Å². The molecule has 1 aromatic rings. The van der Waals surface area contributed by atoms with Gasteiger partial charge in [0.25, 0.3) is 0 Å². The van der Waals surface area contributed by atoms with Crippen molar-refractivity contribution in [3.63, 3.8) is 0 Å². The maximum absolute atomic E-state index is 12.1. The topological polar surface area (TPSA) is 64.0 Å². The smallest absolute Gasteiger partial charge is 0.311 e. The molecule has 7 heteroatoms. The van der Waals surface area contributed by atoms with Crippen LogP contribution in [0.5, 0.6) is 0 Å². The number of anilines is 1. The zero-order chi connectivity index (χ0) is 19.7. The maximum atomic E-state index is 12.1. The van der Waals surface area contributed by atoms with E-state index in [0.29, 0.717) is 12.4 Å². The van der Waals surface area contributed by atoms with Crippen molar-refractivity contribution in [2.24, 2.45) is 0 Å². The molecule has 1 heterocycles. The van der Waals surface area contributed by atoms with Gasteiger partial charge in [-0.15, -0.1) is 0 Å². The molecule has 0 aromatic carbocycles. The van der Waals surface area contributed by atoms with Gasteiger partial charge in [0.2, 0.25) is 5.91 Å². The van der Waals surface area contributed by atoms with E-state index in [1.807, 2.05) is 0 Å². The Balaban J connectivity index is 2.01. The van der Waals surface area contributed by atoms with Crippen LogP contribution >= 0.6 is 0 Å². The van der Waals surface area contributed by atoms with E-state index in [-0.39, 0.29) is 11.6 Å². The van der Waals surface area contributed by atoms with Crippen LogP contribution < -0.4 is 11.0 Å². The number of hydrogen-bond donors (Lipinski definition) is 1. The molecule has 5 nitrogen and oxygen atoms in total. The van der Waals surface area contributed by atoms with Gasteiger partial charge in [0.1, 0.15) is 5.82 Å². The number of aromatic nitrogens is 2. The van der Waals surface area contributed by atoms with Gasteiger partial charge in [-0.3, -0.25) is 9.36 Å². The lowest BCUT2D eigenvalue weighted by molar-refractivity contribution is -0.114. The van der Waals surface area contributed by atoms with Crippen LogP contribution in [0.3, 0.4) is 0 Å². The fraction of sp³-hybridized carbons (Fsp3) is 0.526. The Kier molecular flexibility index (Phi) is 5.92. The molecular weight excluding hydrogens is 358 g/mol. The van der Waals surface area contributed by atoms with Crippen LogP contribution in [0.4, 0.5) is 5.82 Å². The highest BCUT2D eigenvalue weighted by atomic mass is 28.3. The van der Waals surface area contributed by atoms with Crippen LogP contribution in [0.25, 0.3) is 0 Å². The fourth-order valence-electron chi connectivity index (χ4n) is 3.38. The molecule has 142 valence electrons. The summed E-state index contributed by atoms with van der Waals surface area (Å²) in [6, 6.07) is 1.67. The molecule has 1 amide bonds. The van der Waals surface area contributed by atoms with Gasteiger partial charge in [0.15, 0.2) is 0 Å². The lowest BCUT2D eigenvalue weighted by Crippen LogP contribution is -2.38. The number of nitrogens with zero attached hydrogens (tertiary/aromatic N) is 2. The van der Waals surface area contributed by atoms with E-state index in [9.17, 15) is 9.59 Å². The molecule has 1 N–H and O–H groups in total. The third-order valence-corrected chi connectivity index (χ3v) is 8.84. The number of carbonyl (C=O) groups excluding carboxylic acids is 1. The first kappa shape index (κ1) is 20.6. The highest BCUT2D eigenvalue weighted by molar-refractivity contribution is 6.91. The highest BCUT2D eigenvalue weighted by Gasteiger charge is 2.36. The number of hydrogen-bond acceptors (Lipinski definition) is 3. The first-order chi connectivity index (χ1) is 11.9. The summed E-state index contributed by atoms with van der Waals surface area (Å²) in [6.45, 7) is 16.6. The lowest BCUT2D eigenvalue weighted by Gasteiger charge is -2.38. The Morgan fingerprint density at radius 1 is 1.15 bits per heavy atom. The molecule has 0 unspecified atom stereocenters. The van der Waals surface area contributed by atoms with Gasteiger partial charge in [0, 0.05) is 19.7 Å². The molecule has 1 aromatic heterocycles. The number of nitrogens with one attached hydrogen (secondary N) is 1. The summed E-state index contributed by atoms with van der Waals surface area (Å²) in [5.41, 5.74) is 1.18. The minimum absolute atomic E-state index is 0.226. The zero-order valence-electron chi connectivity index (χ0n) is 17.1. The van der Waals surface area contributed by atoms with Crippen molar-refractivity contribution in [2.75, 3.05) is 5.32 Å². The number of allylic oxidation sites excluding steroid dienone is 4. The average molecular weight is 390 g/mol. The molecule has 0 radical (unpaired) electrons. The Hall–Kier alpha value is -1.74. The molecule has 1 aliphatic carbocycles. The predicted octanol–water partition coefficient (Wildman–Crippen LogP) is 3.97. The predicted molar refractivity (Wildman–Crippen MR) is 114 cm³/mol. The second kappa shape index (κ2) is 7.48. The third-order valence-electron chi connectivity index (χ3n) is 4.49. The van der Waals surface area contributed by atoms with Gasteiger partial charge in [0.05, 0.1) is 16.1 Å². The fourth-order valence-corrected chi connectivity index (χ4v) is 9.19. The first-order valence-electron chi connectivity index (χ1n) is 9.21. The molecule has 0 spiro atoms. The summed E-state index contributed by atoms with van der Waals surface area (Å²) < 4.78 is 1.61. The molecule has 2 rings (SSSR count). The highest BCUT2D eigenvalue weighted by Crippen LogP contribution is 2.41. The second-order valence-electron chi connectivity index (χ2n) is 9.03. The Morgan fingerprint density at radius 2 is 1.81 bits per heavy atom. The molecule has 0 fully saturated rings. The van der Waals surface area contributed by atoms with E-state index >= 15 is 0 Å². The van der Waals surface area contributed by atoms with E-state index < -0.39 is 16.1 Å². The van der Waals surface area contributed by atoms with Crippen LogP contribution in [0, 0.1) is 0 Å². The third kappa shape index (κ3) is 4.91. The minimum atomic E-state index is -1.35. The molecule has 0 saturated carbocycles. The number of aryl methyl sites for hydroxylation is 1. The van der Waals surface area contributed by atoms with Crippen LogP contribution in [-0.4, -0.2) is 31.6 Å². The Bertz CT molecular complexity index is 824. The van der Waals surface area contributed by atoms with E-state index in [4.69, 9.17) is 0 Å². The molecule has 26 heavy (non-hydrogen) atoms. The zero-order valence-corrected chi connectivity index (χ0v) is 19.1. The van der Waals surface area contributed by atoms with E-state index in [2.05, 4.69) is 55.7 Å². The summed E-state index contributed by atoms with van der Waals surface area (Å²) in [5.74, 6) is 0.0830. The lowest BCUT2D eigenvalue weighted by atomic mass is 10.0. The summed E-state index contributed by atoms with van der Waals surface area (Å²) in [6.07, 6.45) is 6.05. The SMILES string of the molecule is CC(=O)Nc1ccn(CCCC2=CC([Si](C)(C)C)=C2[Si](C)(C)C)c(=O)n1. The molecule has 0 saturated heterocycles. The van der Waals surface area contributed by atoms with Crippen molar-refractivity contribution < 1.29 is 4.79 Å². The Morgan fingerprint density at radius 3 is 2.31 bits per heavy atom. The molecule has 1 aliphatic rings. The molecular formula is C19H31N3O2Si2. The molecule has 0 aliphatic heterocycles. The average Bonchev–Trinajstić information content (AvgIpc) is 2.39. The number of rotatable bonds is 7. The van der Waals surface area contributed by atoms with Crippen LogP contribution in [0.2, 0.25) is 39.3 Å².